The Morgan fingerprint density at radius 1 is 1.11 bits per heavy atom. The normalized spacial score (nSPS) is 10.0. The van der Waals surface area contributed by atoms with Crippen LogP contribution in [-0.4, -0.2) is 11.1 Å². The molecule has 2 rings (SSSR count). The second kappa shape index (κ2) is 5.23. The number of carbonyl (C=O) groups is 1. The Hall–Kier alpha value is -2.49. The number of hydrogen-bond donors (Lipinski definition) is 2. The number of hydrogen-bond acceptors (Lipinski definition) is 3. The van der Waals surface area contributed by atoms with Gasteiger partial charge in [0.1, 0.15) is 11.5 Å². The van der Waals surface area contributed by atoms with Crippen LogP contribution in [0.4, 0.5) is 5.69 Å². The molecule has 0 unspecified atom stereocenters. The fourth-order valence-corrected chi connectivity index (χ4v) is 1.55. The van der Waals surface area contributed by atoms with Gasteiger partial charge >= 0.3 is 5.97 Å². The minimum absolute atomic E-state index is 0.00769. The second-order valence-electron chi connectivity index (χ2n) is 3.85. The molecule has 0 aliphatic heterocycles. The van der Waals surface area contributed by atoms with Crippen molar-refractivity contribution in [1.29, 1.82) is 0 Å². The molecule has 0 saturated carbocycles. The van der Waals surface area contributed by atoms with Gasteiger partial charge in [-0.15, -0.1) is 0 Å². The summed E-state index contributed by atoms with van der Waals surface area (Å²) in [6.07, 6.45) is 0.00769. The number of nitrogens with two attached hydrogens (primary N) is 1. The number of para-hydroxylation sites is 2. The van der Waals surface area contributed by atoms with Gasteiger partial charge in [0.25, 0.3) is 0 Å². The molecule has 0 fully saturated rings. The van der Waals surface area contributed by atoms with Crippen LogP contribution in [0, 0.1) is 0 Å². The first kappa shape index (κ1) is 12.0. The van der Waals surface area contributed by atoms with E-state index < -0.39 is 5.97 Å². The van der Waals surface area contributed by atoms with Gasteiger partial charge in [0.05, 0.1) is 12.1 Å². The largest absolute Gasteiger partial charge is 0.481 e. The van der Waals surface area contributed by atoms with Crippen LogP contribution < -0.4 is 10.5 Å². The summed E-state index contributed by atoms with van der Waals surface area (Å²) in [7, 11) is 0. The number of aliphatic carboxylic acids is 1. The zero-order chi connectivity index (χ0) is 13.0. The van der Waals surface area contributed by atoms with E-state index in [0.717, 1.165) is 5.56 Å². The standard InChI is InChI=1S/C14H13NO3/c15-12-3-1-2-4-13(12)18-11-7-5-10(6-8-11)9-14(16)17/h1-8H,9,15H2,(H,16,17). The summed E-state index contributed by atoms with van der Waals surface area (Å²) in [5.74, 6) is 0.362. The molecule has 4 nitrogen and oxygen atoms in total. The van der Waals surface area contributed by atoms with E-state index in [0.29, 0.717) is 17.2 Å². The fourth-order valence-electron chi connectivity index (χ4n) is 1.55. The average molecular weight is 243 g/mol. The summed E-state index contributed by atoms with van der Waals surface area (Å²) >= 11 is 0. The van der Waals surface area contributed by atoms with E-state index in [2.05, 4.69) is 0 Å². The van der Waals surface area contributed by atoms with Crippen molar-refractivity contribution in [3.63, 3.8) is 0 Å². The highest BCUT2D eigenvalue weighted by atomic mass is 16.5. The van der Waals surface area contributed by atoms with Gasteiger partial charge in [0, 0.05) is 0 Å². The maximum atomic E-state index is 10.5. The topological polar surface area (TPSA) is 72.5 Å². The molecule has 2 aromatic carbocycles. The van der Waals surface area contributed by atoms with Gasteiger partial charge in [0.15, 0.2) is 0 Å². The third-order valence-electron chi connectivity index (χ3n) is 2.43. The third-order valence-corrected chi connectivity index (χ3v) is 2.43. The van der Waals surface area contributed by atoms with Crippen LogP contribution in [0.25, 0.3) is 0 Å². The van der Waals surface area contributed by atoms with E-state index in [1.807, 2.05) is 12.1 Å². The van der Waals surface area contributed by atoms with Crippen molar-refractivity contribution in [1.82, 2.24) is 0 Å². The molecular formula is C14H13NO3. The van der Waals surface area contributed by atoms with Gasteiger partial charge in [-0.2, -0.15) is 0 Å². The van der Waals surface area contributed by atoms with Crippen LogP contribution >= 0.6 is 0 Å². The summed E-state index contributed by atoms with van der Waals surface area (Å²) in [6.45, 7) is 0. The molecule has 92 valence electrons. The lowest BCUT2D eigenvalue weighted by Crippen LogP contribution is -1.99. The molecule has 2 aromatic rings. The number of carboxylic acid groups (broad SMARTS) is 1. The van der Waals surface area contributed by atoms with Crippen LogP contribution in [-0.2, 0) is 11.2 Å². The van der Waals surface area contributed by atoms with Crippen molar-refractivity contribution in [2.24, 2.45) is 0 Å². The Balaban J connectivity index is 2.11. The lowest BCUT2D eigenvalue weighted by molar-refractivity contribution is -0.136. The van der Waals surface area contributed by atoms with Crippen LogP contribution in [0.15, 0.2) is 48.5 Å². The molecule has 0 amide bonds. The Morgan fingerprint density at radius 2 is 1.78 bits per heavy atom. The van der Waals surface area contributed by atoms with Gasteiger partial charge in [-0.1, -0.05) is 24.3 Å². The molecule has 0 aliphatic carbocycles. The molecule has 0 radical (unpaired) electrons. The molecule has 18 heavy (non-hydrogen) atoms. The maximum absolute atomic E-state index is 10.5. The predicted molar refractivity (Wildman–Crippen MR) is 68.7 cm³/mol. The monoisotopic (exact) mass is 243 g/mol. The molecule has 0 bridgehead atoms. The summed E-state index contributed by atoms with van der Waals surface area (Å²) in [5.41, 5.74) is 7.06. The Morgan fingerprint density at radius 3 is 2.39 bits per heavy atom. The van der Waals surface area contributed by atoms with Crippen LogP contribution in [0.1, 0.15) is 5.56 Å². The van der Waals surface area contributed by atoms with E-state index in [-0.39, 0.29) is 6.42 Å². The first-order valence-electron chi connectivity index (χ1n) is 5.48. The zero-order valence-electron chi connectivity index (χ0n) is 9.67. The Labute approximate surface area is 105 Å². The van der Waals surface area contributed by atoms with Crippen molar-refractivity contribution < 1.29 is 14.6 Å². The third kappa shape index (κ3) is 3.01. The number of anilines is 1. The van der Waals surface area contributed by atoms with E-state index in [9.17, 15) is 4.79 Å². The fraction of sp³-hybridized carbons (Fsp3) is 0.0714. The first-order chi connectivity index (χ1) is 8.65. The highest BCUT2D eigenvalue weighted by molar-refractivity contribution is 5.70. The SMILES string of the molecule is Nc1ccccc1Oc1ccc(CC(=O)O)cc1. The van der Waals surface area contributed by atoms with Gasteiger partial charge in [-0.05, 0) is 29.8 Å². The summed E-state index contributed by atoms with van der Waals surface area (Å²) in [4.78, 5) is 10.5. The molecule has 0 aliphatic rings. The van der Waals surface area contributed by atoms with Crippen molar-refractivity contribution >= 4 is 11.7 Å². The molecule has 4 heteroatoms. The van der Waals surface area contributed by atoms with E-state index >= 15 is 0 Å². The lowest BCUT2D eigenvalue weighted by Gasteiger charge is -2.08. The second-order valence-corrected chi connectivity index (χ2v) is 3.85. The van der Waals surface area contributed by atoms with Gasteiger partial charge in [-0.3, -0.25) is 4.79 Å². The molecule has 0 aromatic heterocycles. The summed E-state index contributed by atoms with van der Waals surface area (Å²) < 4.78 is 5.60. The lowest BCUT2D eigenvalue weighted by atomic mass is 10.1. The van der Waals surface area contributed by atoms with E-state index in [4.69, 9.17) is 15.6 Å². The van der Waals surface area contributed by atoms with Crippen LogP contribution in [0.5, 0.6) is 11.5 Å². The number of benzene rings is 2. The van der Waals surface area contributed by atoms with E-state index in [1.54, 1.807) is 36.4 Å². The smallest absolute Gasteiger partial charge is 0.307 e. The first-order valence-corrected chi connectivity index (χ1v) is 5.48. The van der Waals surface area contributed by atoms with Gasteiger partial charge < -0.3 is 15.6 Å². The highest BCUT2D eigenvalue weighted by Gasteiger charge is 2.03. The molecule has 0 spiro atoms. The summed E-state index contributed by atoms with van der Waals surface area (Å²) in [6, 6.07) is 14.1. The van der Waals surface area contributed by atoms with E-state index in [1.165, 1.54) is 0 Å². The molecule has 0 atom stereocenters. The molecular weight excluding hydrogens is 230 g/mol. The molecule has 0 saturated heterocycles. The number of carboxylic acids is 1. The van der Waals surface area contributed by atoms with Crippen molar-refractivity contribution in [3.05, 3.63) is 54.1 Å². The zero-order valence-corrected chi connectivity index (χ0v) is 9.67. The minimum Gasteiger partial charge on any atom is -0.481 e. The van der Waals surface area contributed by atoms with Crippen molar-refractivity contribution in [3.8, 4) is 11.5 Å². The highest BCUT2D eigenvalue weighted by Crippen LogP contribution is 2.26. The van der Waals surface area contributed by atoms with Crippen LogP contribution in [0.2, 0.25) is 0 Å². The number of rotatable bonds is 4. The molecule has 3 N–H and O–H groups in total. The summed E-state index contributed by atoms with van der Waals surface area (Å²) in [5, 5.41) is 8.66. The van der Waals surface area contributed by atoms with Gasteiger partial charge in [-0.25, -0.2) is 0 Å². The van der Waals surface area contributed by atoms with Crippen molar-refractivity contribution in [2.75, 3.05) is 5.73 Å². The average Bonchev–Trinajstić information content (AvgIpc) is 2.34. The molecule has 0 heterocycles. The predicted octanol–water partition coefficient (Wildman–Crippen LogP) is 2.69. The van der Waals surface area contributed by atoms with Gasteiger partial charge in [0.2, 0.25) is 0 Å². The van der Waals surface area contributed by atoms with Crippen molar-refractivity contribution in [2.45, 2.75) is 6.42 Å². The maximum Gasteiger partial charge on any atom is 0.307 e. The Kier molecular flexibility index (Phi) is 3.48. The Bertz CT molecular complexity index is 549. The minimum atomic E-state index is -0.851. The number of ether oxygens (including phenoxy) is 1. The van der Waals surface area contributed by atoms with Crippen LogP contribution in [0.3, 0.4) is 0 Å². The number of nitrogen functional groups attached to an aromatic ring is 1. The quantitative estimate of drug-likeness (QED) is 0.810.